The molecular weight excluding hydrogens is 391 g/mol. The van der Waals surface area contributed by atoms with Crippen molar-refractivity contribution in [2.75, 3.05) is 19.3 Å². The minimum atomic E-state index is 0. The Bertz CT molecular complexity index is 740. The van der Waals surface area contributed by atoms with Crippen LogP contribution < -0.4 is 5.32 Å². The Labute approximate surface area is 171 Å². The quantitative estimate of drug-likeness (QED) is 0.831. The molecule has 2 fully saturated rings. The van der Waals surface area contributed by atoms with Gasteiger partial charge in [-0.3, -0.25) is 4.79 Å². The predicted molar refractivity (Wildman–Crippen MR) is 113 cm³/mol. The second-order valence-corrected chi connectivity index (χ2v) is 7.58. The van der Waals surface area contributed by atoms with E-state index in [-0.39, 0.29) is 30.7 Å². The number of benzene rings is 1. The summed E-state index contributed by atoms with van der Waals surface area (Å²) in [7, 11) is 0. The van der Waals surface area contributed by atoms with E-state index in [0.29, 0.717) is 18.6 Å². The zero-order valence-electron chi connectivity index (χ0n) is 14.9. The molecule has 8 heteroatoms. The monoisotopic (exact) mass is 416 g/mol. The van der Waals surface area contributed by atoms with Gasteiger partial charge in [0.1, 0.15) is 12.4 Å². The molecular formula is C18H26Cl2N4OS. The number of nitrogens with one attached hydrogen (secondary N) is 1. The molecule has 0 radical (unpaired) electrons. The Morgan fingerprint density at radius 2 is 2.00 bits per heavy atom. The number of halogens is 2. The molecule has 1 aromatic carbocycles. The average Bonchev–Trinajstić information content (AvgIpc) is 3.04. The average molecular weight is 417 g/mol. The summed E-state index contributed by atoms with van der Waals surface area (Å²) >= 11 is 1.75. The highest BCUT2D eigenvalue weighted by atomic mass is 35.5. The number of imidazole rings is 1. The number of aromatic nitrogens is 2. The maximum atomic E-state index is 13.1. The van der Waals surface area contributed by atoms with Crippen molar-refractivity contribution in [3.8, 4) is 0 Å². The molecule has 1 aromatic heterocycles. The largest absolute Gasteiger partial charge is 0.334 e. The highest BCUT2D eigenvalue weighted by Gasteiger charge is 2.38. The number of amides is 1. The van der Waals surface area contributed by atoms with E-state index in [1.165, 1.54) is 0 Å². The van der Waals surface area contributed by atoms with E-state index < -0.39 is 0 Å². The van der Waals surface area contributed by atoms with E-state index in [1.807, 2.05) is 18.2 Å². The minimum Gasteiger partial charge on any atom is -0.334 e. The number of carbonyl (C=O) groups excluding carboxylic acids is 1. The predicted octanol–water partition coefficient (Wildman–Crippen LogP) is 3.10. The SMILES string of the molecule is CSCc1nc2ccccc2n1CC(=O)N1C2CCNCC1CC2.Cl.Cl. The molecule has 2 atom stereocenters. The third kappa shape index (κ3) is 3.98. The zero-order chi connectivity index (χ0) is 16.5. The summed E-state index contributed by atoms with van der Waals surface area (Å²) in [5.74, 6) is 2.07. The molecule has 2 unspecified atom stereocenters. The van der Waals surface area contributed by atoms with Crippen LogP contribution in [0.5, 0.6) is 0 Å². The smallest absolute Gasteiger partial charge is 0.243 e. The van der Waals surface area contributed by atoms with Crippen molar-refractivity contribution < 1.29 is 4.79 Å². The lowest BCUT2D eigenvalue weighted by Gasteiger charge is -2.28. The number of thioether (sulfide) groups is 1. The number of rotatable bonds is 4. The van der Waals surface area contributed by atoms with Crippen molar-refractivity contribution in [1.82, 2.24) is 19.8 Å². The lowest BCUT2D eigenvalue weighted by molar-refractivity contribution is -0.134. The van der Waals surface area contributed by atoms with Gasteiger partial charge in [-0.05, 0) is 44.2 Å². The number of hydrogen-bond acceptors (Lipinski definition) is 4. The molecule has 4 rings (SSSR count). The van der Waals surface area contributed by atoms with Crippen LogP contribution in [-0.2, 0) is 17.1 Å². The van der Waals surface area contributed by atoms with Gasteiger partial charge in [-0.25, -0.2) is 4.98 Å². The van der Waals surface area contributed by atoms with Gasteiger partial charge in [-0.15, -0.1) is 24.8 Å². The van der Waals surface area contributed by atoms with E-state index in [4.69, 9.17) is 4.98 Å². The molecule has 5 nitrogen and oxygen atoms in total. The first-order valence-electron chi connectivity index (χ1n) is 8.73. The van der Waals surface area contributed by atoms with E-state index >= 15 is 0 Å². The van der Waals surface area contributed by atoms with Gasteiger partial charge in [0, 0.05) is 18.6 Å². The molecule has 144 valence electrons. The van der Waals surface area contributed by atoms with Gasteiger partial charge in [0.05, 0.1) is 16.8 Å². The molecule has 1 N–H and O–H groups in total. The first-order valence-corrected chi connectivity index (χ1v) is 10.1. The van der Waals surface area contributed by atoms with Crippen LogP contribution in [0, 0.1) is 0 Å². The fraction of sp³-hybridized carbons (Fsp3) is 0.556. The Kier molecular flexibility index (Phi) is 7.64. The van der Waals surface area contributed by atoms with Crippen molar-refractivity contribution >= 4 is 53.5 Å². The van der Waals surface area contributed by atoms with Crippen LogP contribution in [0.2, 0.25) is 0 Å². The maximum Gasteiger partial charge on any atom is 0.243 e. The lowest BCUT2D eigenvalue weighted by Crippen LogP contribution is -2.44. The summed E-state index contributed by atoms with van der Waals surface area (Å²) in [6, 6.07) is 8.90. The summed E-state index contributed by atoms with van der Waals surface area (Å²) in [5.41, 5.74) is 2.05. The highest BCUT2D eigenvalue weighted by Crippen LogP contribution is 2.29. The molecule has 2 aromatic rings. The molecule has 3 heterocycles. The molecule has 2 saturated heterocycles. The Balaban J connectivity index is 0.00000121. The minimum absolute atomic E-state index is 0. The van der Waals surface area contributed by atoms with Crippen LogP contribution in [0.3, 0.4) is 0 Å². The maximum absolute atomic E-state index is 13.1. The fourth-order valence-corrected chi connectivity index (χ4v) is 4.63. The zero-order valence-corrected chi connectivity index (χ0v) is 17.3. The van der Waals surface area contributed by atoms with Crippen molar-refractivity contribution in [1.29, 1.82) is 0 Å². The van der Waals surface area contributed by atoms with Crippen LogP contribution >= 0.6 is 36.6 Å². The first-order chi connectivity index (χ1) is 11.8. The molecule has 2 bridgehead atoms. The Morgan fingerprint density at radius 1 is 1.23 bits per heavy atom. The number of hydrogen-bond donors (Lipinski definition) is 1. The van der Waals surface area contributed by atoms with Crippen molar-refractivity contribution in [2.45, 2.75) is 43.6 Å². The second-order valence-electron chi connectivity index (χ2n) is 6.71. The van der Waals surface area contributed by atoms with Crippen molar-refractivity contribution in [2.24, 2.45) is 0 Å². The standard InChI is InChI=1S/C18H24N4OS.2ClH/c1-24-12-17-20-15-4-2-3-5-16(15)21(17)11-18(23)22-13-6-7-14(22)10-19-9-8-13;;/h2-5,13-14,19H,6-12H2,1H3;2*1H. The van der Waals surface area contributed by atoms with E-state index in [9.17, 15) is 4.79 Å². The second kappa shape index (κ2) is 9.31. The van der Waals surface area contributed by atoms with Crippen molar-refractivity contribution in [3.63, 3.8) is 0 Å². The summed E-state index contributed by atoms with van der Waals surface area (Å²) in [5, 5.41) is 3.47. The van der Waals surface area contributed by atoms with Gasteiger partial charge in [0.2, 0.25) is 5.91 Å². The molecule has 26 heavy (non-hydrogen) atoms. The number of fused-ring (bicyclic) bond motifs is 3. The fourth-order valence-electron chi connectivity index (χ4n) is 4.15. The molecule has 2 aliphatic rings. The normalized spacial score (nSPS) is 21.8. The van der Waals surface area contributed by atoms with Crippen LogP contribution in [0.25, 0.3) is 11.0 Å². The molecule has 0 spiro atoms. The summed E-state index contributed by atoms with van der Waals surface area (Å²) in [6.45, 7) is 2.37. The Hall–Kier alpha value is -0.950. The third-order valence-electron chi connectivity index (χ3n) is 5.24. The number of para-hydroxylation sites is 2. The van der Waals surface area contributed by atoms with Gasteiger partial charge < -0.3 is 14.8 Å². The van der Waals surface area contributed by atoms with Crippen LogP contribution in [-0.4, -0.2) is 51.8 Å². The van der Waals surface area contributed by atoms with E-state index in [1.54, 1.807) is 11.8 Å². The van der Waals surface area contributed by atoms with Gasteiger partial charge in [0.15, 0.2) is 0 Å². The highest BCUT2D eigenvalue weighted by molar-refractivity contribution is 7.97. The third-order valence-corrected chi connectivity index (χ3v) is 5.79. The van der Waals surface area contributed by atoms with E-state index in [0.717, 1.165) is 55.0 Å². The van der Waals surface area contributed by atoms with Crippen LogP contribution in [0.15, 0.2) is 24.3 Å². The van der Waals surface area contributed by atoms with Gasteiger partial charge >= 0.3 is 0 Å². The van der Waals surface area contributed by atoms with Gasteiger partial charge in [0.25, 0.3) is 0 Å². The van der Waals surface area contributed by atoms with Gasteiger partial charge in [-0.2, -0.15) is 11.8 Å². The summed E-state index contributed by atoms with van der Waals surface area (Å²) < 4.78 is 2.12. The van der Waals surface area contributed by atoms with Crippen molar-refractivity contribution in [3.05, 3.63) is 30.1 Å². The topological polar surface area (TPSA) is 50.2 Å². The van der Waals surface area contributed by atoms with Gasteiger partial charge in [-0.1, -0.05) is 12.1 Å². The molecule has 1 amide bonds. The molecule has 2 aliphatic heterocycles. The number of nitrogens with zero attached hydrogens (tertiary/aromatic N) is 3. The Morgan fingerprint density at radius 3 is 2.81 bits per heavy atom. The first kappa shape index (κ1) is 21.4. The van der Waals surface area contributed by atoms with E-state index in [2.05, 4.69) is 27.1 Å². The summed E-state index contributed by atoms with van der Waals surface area (Å²) in [4.78, 5) is 20.0. The molecule has 0 saturated carbocycles. The lowest BCUT2D eigenvalue weighted by atomic mass is 10.1. The number of carbonyl (C=O) groups is 1. The van der Waals surface area contributed by atoms with Crippen LogP contribution in [0.1, 0.15) is 25.1 Å². The summed E-state index contributed by atoms with van der Waals surface area (Å²) in [6.07, 6.45) is 5.43. The van der Waals surface area contributed by atoms with Crippen LogP contribution in [0.4, 0.5) is 0 Å². The molecule has 0 aliphatic carbocycles.